The summed E-state index contributed by atoms with van der Waals surface area (Å²) in [5.41, 5.74) is 2.98. The van der Waals surface area contributed by atoms with Gasteiger partial charge < -0.3 is 4.90 Å². The second-order valence-corrected chi connectivity index (χ2v) is 8.96. The van der Waals surface area contributed by atoms with Crippen molar-refractivity contribution in [2.24, 2.45) is 0 Å². The molecule has 28 heavy (non-hydrogen) atoms. The zero-order valence-electron chi connectivity index (χ0n) is 15.5. The van der Waals surface area contributed by atoms with Crippen LogP contribution < -0.4 is 4.90 Å². The standard InChI is InChI=1S/C22H19N3OS2/c1-15-17-14-20(28-22(17)25(23-15)16-8-3-2-4-9-16)21(26)24-12-7-13-27-19-11-6-5-10-18(19)24/h2-6,8-11,14H,7,12-13H2,1H3. The summed E-state index contributed by atoms with van der Waals surface area (Å²) in [6.45, 7) is 2.75. The Bertz CT molecular complexity index is 1160. The monoisotopic (exact) mass is 405 g/mol. The van der Waals surface area contributed by atoms with Gasteiger partial charge in [-0.25, -0.2) is 4.68 Å². The minimum absolute atomic E-state index is 0.0789. The number of hydrogen-bond acceptors (Lipinski definition) is 4. The lowest BCUT2D eigenvalue weighted by Gasteiger charge is -2.21. The fourth-order valence-electron chi connectivity index (χ4n) is 3.57. The number of anilines is 1. The fraction of sp³-hybridized carbons (Fsp3) is 0.182. The molecule has 0 saturated carbocycles. The lowest BCUT2D eigenvalue weighted by Crippen LogP contribution is -2.31. The first-order valence-electron chi connectivity index (χ1n) is 9.30. The third-order valence-electron chi connectivity index (χ3n) is 4.94. The number of thiophene rings is 1. The van der Waals surface area contributed by atoms with Crippen molar-refractivity contribution in [3.05, 3.63) is 71.2 Å². The molecule has 1 aliphatic rings. The largest absolute Gasteiger partial charge is 0.307 e. The lowest BCUT2D eigenvalue weighted by atomic mass is 10.2. The average Bonchev–Trinajstić information content (AvgIpc) is 3.21. The van der Waals surface area contributed by atoms with Crippen molar-refractivity contribution in [3.8, 4) is 5.69 Å². The van der Waals surface area contributed by atoms with Crippen molar-refractivity contribution in [2.75, 3.05) is 17.2 Å². The van der Waals surface area contributed by atoms with E-state index >= 15 is 0 Å². The van der Waals surface area contributed by atoms with E-state index in [1.807, 2.05) is 76.8 Å². The van der Waals surface area contributed by atoms with E-state index in [2.05, 4.69) is 17.2 Å². The zero-order chi connectivity index (χ0) is 19.1. The number of carbonyl (C=O) groups is 1. The van der Waals surface area contributed by atoms with Gasteiger partial charge in [0.15, 0.2) is 0 Å². The molecule has 2 aromatic carbocycles. The van der Waals surface area contributed by atoms with E-state index in [1.165, 1.54) is 16.2 Å². The summed E-state index contributed by atoms with van der Waals surface area (Å²) in [6.07, 6.45) is 0.993. The fourth-order valence-corrected chi connectivity index (χ4v) is 5.69. The number of nitrogens with zero attached hydrogens (tertiary/aromatic N) is 3. The third-order valence-corrected chi connectivity index (χ3v) is 7.19. The number of thioether (sulfide) groups is 1. The van der Waals surface area contributed by atoms with Gasteiger partial charge in [0.25, 0.3) is 5.91 Å². The van der Waals surface area contributed by atoms with Crippen LogP contribution in [0.1, 0.15) is 21.8 Å². The van der Waals surface area contributed by atoms with Crippen molar-refractivity contribution in [1.82, 2.24) is 9.78 Å². The van der Waals surface area contributed by atoms with Gasteiger partial charge in [-0.15, -0.1) is 23.1 Å². The number of benzene rings is 2. The number of fused-ring (bicyclic) bond motifs is 2. The van der Waals surface area contributed by atoms with Gasteiger partial charge in [-0.2, -0.15) is 5.10 Å². The maximum Gasteiger partial charge on any atom is 0.268 e. The number of rotatable bonds is 2. The number of aryl methyl sites for hydroxylation is 1. The molecule has 0 aliphatic carbocycles. The summed E-state index contributed by atoms with van der Waals surface area (Å²) >= 11 is 3.36. The molecule has 0 saturated heterocycles. The molecule has 4 nitrogen and oxygen atoms in total. The normalized spacial score (nSPS) is 14.1. The van der Waals surface area contributed by atoms with Gasteiger partial charge in [0.2, 0.25) is 0 Å². The number of carbonyl (C=O) groups excluding carboxylic acids is 1. The molecule has 0 spiro atoms. The minimum atomic E-state index is 0.0789. The van der Waals surface area contributed by atoms with Crippen molar-refractivity contribution in [3.63, 3.8) is 0 Å². The predicted molar refractivity (Wildman–Crippen MR) is 117 cm³/mol. The van der Waals surface area contributed by atoms with Crippen LogP contribution in [0, 0.1) is 6.92 Å². The van der Waals surface area contributed by atoms with E-state index in [-0.39, 0.29) is 5.91 Å². The molecule has 2 aromatic heterocycles. The van der Waals surface area contributed by atoms with Crippen LogP contribution in [-0.4, -0.2) is 28.0 Å². The van der Waals surface area contributed by atoms with Crippen LogP contribution in [0.4, 0.5) is 5.69 Å². The van der Waals surface area contributed by atoms with Crippen LogP contribution >= 0.6 is 23.1 Å². The summed E-state index contributed by atoms with van der Waals surface area (Å²) in [4.78, 5) is 18.3. The van der Waals surface area contributed by atoms with Crippen LogP contribution in [0.2, 0.25) is 0 Å². The smallest absolute Gasteiger partial charge is 0.268 e. The Labute approximate surface area is 171 Å². The van der Waals surface area contributed by atoms with Gasteiger partial charge >= 0.3 is 0 Å². The van der Waals surface area contributed by atoms with Crippen molar-refractivity contribution < 1.29 is 4.79 Å². The molecule has 0 fully saturated rings. The van der Waals surface area contributed by atoms with Crippen LogP contribution in [0.15, 0.2) is 65.6 Å². The molecule has 0 bridgehead atoms. The molecule has 1 amide bonds. The van der Waals surface area contributed by atoms with Gasteiger partial charge in [-0.3, -0.25) is 4.79 Å². The summed E-state index contributed by atoms with van der Waals surface area (Å²) in [7, 11) is 0. The van der Waals surface area contributed by atoms with Crippen LogP contribution in [0.5, 0.6) is 0 Å². The Kier molecular flexibility index (Phi) is 4.45. The molecule has 140 valence electrons. The Balaban J connectivity index is 1.58. The maximum atomic E-state index is 13.4. The van der Waals surface area contributed by atoms with Crippen molar-refractivity contribution in [1.29, 1.82) is 0 Å². The number of amides is 1. The zero-order valence-corrected chi connectivity index (χ0v) is 17.1. The van der Waals surface area contributed by atoms with E-state index < -0.39 is 0 Å². The number of aromatic nitrogens is 2. The van der Waals surface area contributed by atoms with E-state index in [0.717, 1.165) is 50.9 Å². The Morgan fingerprint density at radius 3 is 2.71 bits per heavy atom. The maximum absolute atomic E-state index is 13.4. The van der Waals surface area contributed by atoms with E-state index in [1.54, 1.807) is 0 Å². The quantitative estimate of drug-likeness (QED) is 0.440. The van der Waals surface area contributed by atoms with Crippen molar-refractivity contribution in [2.45, 2.75) is 18.2 Å². The van der Waals surface area contributed by atoms with Crippen LogP contribution in [0.3, 0.4) is 0 Å². The first-order chi connectivity index (χ1) is 13.7. The molecule has 1 aliphatic heterocycles. The van der Waals surface area contributed by atoms with Crippen LogP contribution in [-0.2, 0) is 0 Å². The highest BCUT2D eigenvalue weighted by Crippen LogP contribution is 2.36. The molecule has 0 atom stereocenters. The first kappa shape index (κ1) is 17.5. The van der Waals surface area contributed by atoms with Gasteiger partial charge in [0.1, 0.15) is 4.83 Å². The molecule has 4 aromatic rings. The van der Waals surface area contributed by atoms with E-state index in [9.17, 15) is 4.79 Å². The number of para-hydroxylation sites is 2. The predicted octanol–water partition coefficient (Wildman–Crippen LogP) is 5.54. The van der Waals surface area contributed by atoms with Crippen LogP contribution in [0.25, 0.3) is 15.9 Å². The van der Waals surface area contributed by atoms with Gasteiger partial charge in [0, 0.05) is 16.8 Å². The number of hydrogen-bond donors (Lipinski definition) is 0. The molecule has 0 unspecified atom stereocenters. The van der Waals surface area contributed by atoms with Gasteiger partial charge in [0.05, 0.1) is 21.9 Å². The third kappa shape index (κ3) is 2.93. The van der Waals surface area contributed by atoms with E-state index in [4.69, 9.17) is 0 Å². The summed E-state index contributed by atoms with van der Waals surface area (Å²) in [5.74, 6) is 1.12. The molecule has 0 radical (unpaired) electrons. The minimum Gasteiger partial charge on any atom is -0.307 e. The highest BCUT2D eigenvalue weighted by Gasteiger charge is 2.25. The Morgan fingerprint density at radius 1 is 1.07 bits per heavy atom. The summed E-state index contributed by atoms with van der Waals surface area (Å²) < 4.78 is 1.94. The highest BCUT2D eigenvalue weighted by atomic mass is 32.2. The average molecular weight is 406 g/mol. The Morgan fingerprint density at radius 2 is 1.86 bits per heavy atom. The molecule has 0 N–H and O–H groups in total. The van der Waals surface area contributed by atoms with Gasteiger partial charge in [-0.05, 0) is 49.4 Å². The van der Waals surface area contributed by atoms with Gasteiger partial charge in [-0.1, -0.05) is 30.3 Å². The second-order valence-electron chi connectivity index (χ2n) is 6.79. The molecular formula is C22H19N3OS2. The lowest BCUT2D eigenvalue weighted by molar-refractivity contribution is 0.0990. The SMILES string of the molecule is Cc1nn(-c2ccccc2)c2sc(C(=O)N3CCCSc4ccccc43)cc12. The molecule has 3 heterocycles. The second kappa shape index (κ2) is 7.11. The molecule has 5 rings (SSSR count). The highest BCUT2D eigenvalue weighted by molar-refractivity contribution is 7.99. The summed E-state index contributed by atoms with van der Waals surface area (Å²) in [5, 5.41) is 5.73. The van der Waals surface area contributed by atoms with Crippen molar-refractivity contribution >= 4 is 44.9 Å². The topological polar surface area (TPSA) is 38.1 Å². The molecular weight excluding hydrogens is 386 g/mol. The summed E-state index contributed by atoms with van der Waals surface area (Å²) in [6, 6.07) is 20.3. The molecule has 6 heteroatoms. The Hall–Kier alpha value is -2.57. The first-order valence-corrected chi connectivity index (χ1v) is 11.1. The van der Waals surface area contributed by atoms with E-state index in [0.29, 0.717) is 0 Å².